The second-order valence-corrected chi connectivity index (χ2v) is 10.5. The largest absolute Gasteiger partial charge is 0.444 e. The van der Waals surface area contributed by atoms with E-state index in [0.29, 0.717) is 25.3 Å². The molecule has 0 radical (unpaired) electrons. The summed E-state index contributed by atoms with van der Waals surface area (Å²) in [6, 6.07) is 0.0855. The van der Waals surface area contributed by atoms with Gasteiger partial charge in [-0.05, 0) is 51.9 Å². The molecule has 1 unspecified atom stereocenters. The fraction of sp³-hybridized carbons (Fsp3) is 0.941. The average molecular weight is 361 g/mol. The zero-order valence-electron chi connectivity index (χ0n) is 15.4. The van der Waals surface area contributed by atoms with E-state index in [9.17, 15) is 13.2 Å². The Hall–Kier alpha value is -0.820. The number of piperidine rings is 1. The van der Waals surface area contributed by atoms with Crippen LogP contribution in [0, 0.1) is 5.41 Å². The van der Waals surface area contributed by atoms with Crippen molar-refractivity contribution in [3.8, 4) is 0 Å². The minimum atomic E-state index is -2.84. The number of carbonyl (C=O) groups excluding carboxylic acids is 1. The van der Waals surface area contributed by atoms with Crippen LogP contribution >= 0.6 is 0 Å². The molecule has 6 nitrogen and oxygen atoms in total. The van der Waals surface area contributed by atoms with E-state index in [1.54, 1.807) is 4.90 Å². The second-order valence-electron chi connectivity index (χ2n) is 8.30. The average Bonchev–Trinajstić information content (AvgIpc) is 2.83. The van der Waals surface area contributed by atoms with Crippen LogP contribution in [0.25, 0.3) is 0 Å². The third-order valence-corrected chi connectivity index (χ3v) is 6.99. The Labute approximate surface area is 146 Å². The summed E-state index contributed by atoms with van der Waals surface area (Å²) in [6.07, 6.45) is 3.36. The predicted octanol–water partition coefficient (Wildman–Crippen LogP) is 2.19. The van der Waals surface area contributed by atoms with Crippen LogP contribution in [0.5, 0.6) is 0 Å². The number of sulfone groups is 1. The fourth-order valence-electron chi connectivity index (χ4n) is 3.46. The van der Waals surface area contributed by atoms with E-state index in [4.69, 9.17) is 4.74 Å². The smallest absolute Gasteiger partial charge is 0.410 e. The highest BCUT2D eigenvalue weighted by Gasteiger charge is 2.37. The first-order valence-electron chi connectivity index (χ1n) is 8.96. The highest BCUT2D eigenvalue weighted by atomic mass is 32.2. The van der Waals surface area contributed by atoms with E-state index in [1.807, 2.05) is 20.8 Å². The number of ether oxygens (including phenoxy) is 1. The number of nitrogens with one attached hydrogen (secondary N) is 1. The molecule has 0 aromatic heterocycles. The highest BCUT2D eigenvalue weighted by Crippen LogP contribution is 2.35. The molecule has 1 N–H and O–H groups in total. The first-order valence-corrected chi connectivity index (χ1v) is 10.8. The van der Waals surface area contributed by atoms with Crippen LogP contribution in [0.3, 0.4) is 0 Å². The molecular weight excluding hydrogens is 328 g/mol. The molecule has 2 aliphatic rings. The van der Waals surface area contributed by atoms with Crippen molar-refractivity contribution in [3.63, 3.8) is 0 Å². The van der Waals surface area contributed by atoms with Gasteiger partial charge < -0.3 is 15.0 Å². The quantitative estimate of drug-likeness (QED) is 0.832. The Kier molecular flexibility index (Phi) is 5.85. The van der Waals surface area contributed by atoms with Crippen molar-refractivity contribution in [1.29, 1.82) is 0 Å². The van der Waals surface area contributed by atoms with Crippen LogP contribution in [0.4, 0.5) is 4.79 Å². The van der Waals surface area contributed by atoms with Gasteiger partial charge >= 0.3 is 6.09 Å². The third-order valence-electron chi connectivity index (χ3n) is 5.22. The molecule has 7 heteroatoms. The van der Waals surface area contributed by atoms with Crippen molar-refractivity contribution in [2.45, 2.75) is 65.0 Å². The molecule has 0 aliphatic carbocycles. The SMILES string of the molecule is CCC1(CNC2CCS(=O)(=O)C2)CCN(C(=O)OC(C)(C)C)CC1. The Morgan fingerprint density at radius 1 is 1.29 bits per heavy atom. The summed E-state index contributed by atoms with van der Waals surface area (Å²) in [7, 11) is -2.84. The Morgan fingerprint density at radius 2 is 1.92 bits per heavy atom. The maximum atomic E-state index is 12.2. The maximum absolute atomic E-state index is 12.2. The van der Waals surface area contributed by atoms with E-state index in [1.165, 1.54) is 0 Å². The lowest BCUT2D eigenvalue weighted by Gasteiger charge is -2.42. The molecule has 0 aromatic rings. The molecule has 2 aliphatic heterocycles. The summed E-state index contributed by atoms with van der Waals surface area (Å²) in [6.45, 7) is 10.0. The van der Waals surface area contributed by atoms with E-state index in [2.05, 4.69) is 12.2 Å². The molecule has 2 saturated heterocycles. The normalized spacial score (nSPS) is 26.3. The van der Waals surface area contributed by atoms with Crippen LogP contribution in [0.2, 0.25) is 0 Å². The Bertz CT molecular complexity index is 545. The molecule has 0 aromatic carbocycles. The van der Waals surface area contributed by atoms with E-state index < -0.39 is 15.4 Å². The van der Waals surface area contributed by atoms with E-state index in [-0.39, 0.29) is 23.3 Å². The van der Waals surface area contributed by atoms with Crippen LogP contribution < -0.4 is 5.32 Å². The van der Waals surface area contributed by atoms with Crippen LogP contribution in [-0.4, -0.2) is 62.2 Å². The minimum Gasteiger partial charge on any atom is -0.444 e. The lowest BCUT2D eigenvalue weighted by atomic mass is 9.76. The molecule has 2 rings (SSSR count). The van der Waals surface area contributed by atoms with Gasteiger partial charge in [-0.25, -0.2) is 13.2 Å². The number of hydrogen-bond donors (Lipinski definition) is 1. The van der Waals surface area contributed by atoms with Crippen molar-refractivity contribution in [2.75, 3.05) is 31.1 Å². The van der Waals surface area contributed by atoms with Crippen molar-refractivity contribution < 1.29 is 17.9 Å². The summed E-state index contributed by atoms with van der Waals surface area (Å²) in [5.74, 6) is 0.563. The number of carbonyl (C=O) groups is 1. The fourth-order valence-corrected chi connectivity index (χ4v) is 5.17. The van der Waals surface area contributed by atoms with Crippen LogP contribution in [0.1, 0.15) is 53.4 Å². The first kappa shape index (κ1) is 19.5. The number of likely N-dealkylation sites (tertiary alicyclic amines) is 1. The van der Waals surface area contributed by atoms with Gasteiger partial charge in [0.15, 0.2) is 9.84 Å². The van der Waals surface area contributed by atoms with Gasteiger partial charge in [0.05, 0.1) is 11.5 Å². The van der Waals surface area contributed by atoms with Gasteiger partial charge in [0.2, 0.25) is 0 Å². The zero-order valence-corrected chi connectivity index (χ0v) is 16.2. The number of nitrogens with zero attached hydrogens (tertiary/aromatic N) is 1. The lowest BCUT2D eigenvalue weighted by molar-refractivity contribution is 0.00920. The molecule has 140 valence electrons. The second kappa shape index (κ2) is 7.20. The number of rotatable bonds is 4. The maximum Gasteiger partial charge on any atom is 0.410 e. The summed E-state index contributed by atoms with van der Waals surface area (Å²) < 4.78 is 28.6. The highest BCUT2D eigenvalue weighted by molar-refractivity contribution is 7.91. The standard InChI is InChI=1S/C17H32N2O4S/c1-5-17(13-18-14-6-11-24(21,22)12-14)7-9-19(10-8-17)15(20)23-16(2,3)4/h14,18H,5-13H2,1-4H3. The lowest BCUT2D eigenvalue weighted by Crippen LogP contribution is -2.49. The summed E-state index contributed by atoms with van der Waals surface area (Å²) in [5, 5.41) is 3.47. The molecule has 2 fully saturated rings. The van der Waals surface area contributed by atoms with Gasteiger partial charge in [0.25, 0.3) is 0 Å². The third kappa shape index (κ3) is 5.34. The molecule has 0 saturated carbocycles. The van der Waals surface area contributed by atoms with Gasteiger partial charge in [-0.15, -0.1) is 0 Å². The molecule has 0 spiro atoms. The molecular formula is C17H32N2O4S. The molecule has 2 heterocycles. The van der Waals surface area contributed by atoms with Gasteiger partial charge in [0.1, 0.15) is 5.60 Å². The Morgan fingerprint density at radius 3 is 2.38 bits per heavy atom. The van der Waals surface area contributed by atoms with Gasteiger partial charge in [0, 0.05) is 25.7 Å². The summed E-state index contributed by atoms with van der Waals surface area (Å²) >= 11 is 0. The Balaban J connectivity index is 1.84. The van der Waals surface area contributed by atoms with Crippen molar-refractivity contribution in [1.82, 2.24) is 10.2 Å². The number of hydrogen-bond acceptors (Lipinski definition) is 5. The number of amides is 1. The monoisotopic (exact) mass is 360 g/mol. The first-order chi connectivity index (χ1) is 11.0. The summed E-state index contributed by atoms with van der Waals surface area (Å²) in [4.78, 5) is 14.0. The van der Waals surface area contributed by atoms with Gasteiger partial charge in [-0.1, -0.05) is 6.92 Å². The van der Waals surface area contributed by atoms with Crippen molar-refractivity contribution in [2.24, 2.45) is 5.41 Å². The zero-order chi connectivity index (χ0) is 18.0. The van der Waals surface area contributed by atoms with Gasteiger partial charge in [-0.2, -0.15) is 0 Å². The van der Waals surface area contributed by atoms with Crippen molar-refractivity contribution in [3.05, 3.63) is 0 Å². The summed E-state index contributed by atoms with van der Waals surface area (Å²) in [5.41, 5.74) is -0.323. The molecule has 24 heavy (non-hydrogen) atoms. The topological polar surface area (TPSA) is 75.7 Å². The van der Waals surface area contributed by atoms with Crippen LogP contribution in [0.15, 0.2) is 0 Å². The molecule has 0 bridgehead atoms. The van der Waals surface area contributed by atoms with Crippen LogP contribution in [-0.2, 0) is 14.6 Å². The van der Waals surface area contributed by atoms with E-state index >= 15 is 0 Å². The predicted molar refractivity (Wildman–Crippen MR) is 94.8 cm³/mol. The van der Waals surface area contributed by atoms with E-state index in [0.717, 1.165) is 25.8 Å². The molecule has 1 amide bonds. The molecule has 1 atom stereocenters. The minimum absolute atomic E-state index is 0.0855. The van der Waals surface area contributed by atoms with Crippen molar-refractivity contribution >= 4 is 15.9 Å². The van der Waals surface area contributed by atoms with Gasteiger partial charge in [-0.3, -0.25) is 0 Å².